The molecule has 1 aliphatic rings. The Labute approximate surface area is 150 Å². The summed E-state index contributed by atoms with van der Waals surface area (Å²) in [6, 6.07) is 14.4. The average Bonchev–Trinajstić information content (AvgIpc) is 2.56. The lowest BCUT2D eigenvalue weighted by Crippen LogP contribution is -2.47. The van der Waals surface area contributed by atoms with Crippen LogP contribution in [-0.2, 0) is 10.0 Å². The van der Waals surface area contributed by atoms with Gasteiger partial charge in [-0.3, -0.25) is 0 Å². The first kappa shape index (κ1) is 18.0. The second-order valence-corrected chi connectivity index (χ2v) is 8.52. The lowest BCUT2D eigenvalue weighted by atomic mass is 9.93. The third-order valence-corrected chi connectivity index (χ3v) is 6.05. The molecule has 5 heteroatoms. The Hall–Kier alpha value is -1.85. The van der Waals surface area contributed by atoms with Crippen LogP contribution < -0.4 is 9.46 Å². The number of sulfonamides is 1. The van der Waals surface area contributed by atoms with Crippen LogP contribution in [0.3, 0.4) is 0 Å². The molecule has 2 aromatic rings. The van der Waals surface area contributed by atoms with Gasteiger partial charge in [0.15, 0.2) is 0 Å². The fraction of sp³-hybridized carbons (Fsp3) is 0.400. The van der Waals surface area contributed by atoms with E-state index in [1.165, 1.54) is 0 Å². The average molecular weight is 359 g/mol. The van der Waals surface area contributed by atoms with Gasteiger partial charge >= 0.3 is 0 Å². The van der Waals surface area contributed by atoms with Crippen molar-refractivity contribution in [1.29, 1.82) is 0 Å². The van der Waals surface area contributed by atoms with Crippen LogP contribution in [0.15, 0.2) is 53.4 Å². The summed E-state index contributed by atoms with van der Waals surface area (Å²) in [6.07, 6.45) is 3.57. The zero-order valence-electron chi connectivity index (χ0n) is 14.7. The van der Waals surface area contributed by atoms with E-state index >= 15 is 0 Å². The highest BCUT2D eigenvalue weighted by Crippen LogP contribution is 2.26. The van der Waals surface area contributed by atoms with Gasteiger partial charge in [0.2, 0.25) is 10.0 Å². The smallest absolute Gasteiger partial charge is 0.240 e. The monoisotopic (exact) mass is 359 g/mol. The highest BCUT2D eigenvalue weighted by molar-refractivity contribution is 7.89. The number of benzene rings is 2. The van der Waals surface area contributed by atoms with Crippen LogP contribution in [0.5, 0.6) is 5.75 Å². The van der Waals surface area contributed by atoms with E-state index < -0.39 is 10.0 Å². The first-order chi connectivity index (χ1) is 11.9. The molecule has 2 aromatic carbocycles. The molecule has 0 bridgehead atoms. The molecule has 0 amide bonds. The van der Waals surface area contributed by atoms with Gasteiger partial charge in [-0.15, -0.1) is 0 Å². The minimum atomic E-state index is -3.53. The standard InChI is InChI=1S/C20H25NO3S/c1-15-12-16(2)14-17(13-15)24-20-11-7-6-10-19(20)21-25(22,23)18-8-4-3-5-9-18/h3-5,8-9,12-14,19-21H,6-7,10-11H2,1-2H3. The Bertz CT molecular complexity index is 798. The molecule has 0 heterocycles. The summed E-state index contributed by atoms with van der Waals surface area (Å²) in [5.74, 6) is 0.813. The van der Waals surface area contributed by atoms with Crippen LogP contribution in [0, 0.1) is 13.8 Å². The van der Waals surface area contributed by atoms with Crippen molar-refractivity contribution in [1.82, 2.24) is 4.72 Å². The molecule has 1 N–H and O–H groups in total. The van der Waals surface area contributed by atoms with Crippen molar-refractivity contribution in [2.45, 2.75) is 56.6 Å². The molecule has 25 heavy (non-hydrogen) atoms. The van der Waals surface area contributed by atoms with Crippen molar-refractivity contribution in [2.24, 2.45) is 0 Å². The van der Waals surface area contributed by atoms with Crippen LogP contribution in [0.2, 0.25) is 0 Å². The third kappa shape index (κ3) is 4.61. The highest BCUT2D eigenvalue weighted by Gasteiger charge is 2.31. The maximum Gasteiger partial charge on any atom is 0.240 e. The SMILES string of the molecule is Cc1cc(C)cc(OC2CCCCC2NS(=O)(=O)c2ccccc2)c1. The number of aryl methyl sites for hydroxylation is 2. The number of hydrogen-bond acceptors (Lipinski definition) is 3. The Morgan fingerprint density at radius 1 is 0.960 bits per heavy atom. The van der Waals surface area contributed by atoms with Gasteiger partial charge in [0, 0.05) is 0 Å². The predicted molar refractivity (Wildman–Crippen MR) is 99.4 cm³/mol. The molecular formula is C20H25NO3S. The fourth-order valence-electron chi connectivity index (χ4n) is 3.42. The second kappa shape index (κ2) is 7.58. The van der Waals surface area contributed by atoms with E-state index in [0.717, 1.165) is 42.6 Å². The molecule has 0 aromatic heterocycles. The number of rotatable bonds is 5. The van der Waals surface area contributed by atoms with Crippen LogP contribution >= 0.6 is 0 Å². The molecule has 3 rings (SSSR count). The minimum absolute atomic E-state index is 0.145. The molecule has 1 saturated carbocycles. The van der Waals surface area contributed by atoms with E-state index in [9.17, 15) is 8.42 Å². The first-order valence-corrected chi connectivity index (χ1v) is 10.2. The summed E-state index contributed by atoms with van der Waals surface area (Å²) in [6.45, 7) is 4.08. The van der Waals surface area contributed by atoms with Gasteiger partial charge in [-0.1, -0.05) is 30.7 Å². The van der Waals surface area contributed by atoms with Gasteiger partial charge in [0.25, 0.3) is 0 Å². The summed E-state index contributed by atoms with van der Waals surface area (Å²) < 4.78 is 34.3. The van der Waals surface area contributed by atoms with Crippen molar-refractivity contribution in [3.63, 3.8) is 0 Å². The van der Waals surface area contributed by atoms with Gasteiger partial charge in [-0.2, -0.15) is 0 Å². The quantitative estimate of drug-likeness (QED) is 0.879. The molecule has 1 aliphatic carbocycles. The van der Waals surface area contributed by atoms with E-state index in [-0.39, 0.29) is 12.1 Å². The molecular weight excluding hydrogens is 334 g/mol. The molecule has 1 fully saturated rings. The topological polar surface area (TPSA) is 55.4 Å². The summed E-state index contributed by atoms with van der Waals surface area (Å²) in [5.41, 5.74) is 2.29. The summed E-state index contributed by atoms with van der Waals surface area (Å²) in [5, 5.41) is 0. The molecule has 0 spiro atoms. The van der Waals surface area contributed by atoms with Crippen molar-refractivity contribution in [2.75, 3.05) is 0 Å². The summed E-state index contributed by atoms with van der Waals surface area (Å²) in [7, 11) is -3.53. The van der Waals surface area contributed by atoms with Crippen LogP contribution in [-0.4, -0.2) is 20.6 Å². The maximum absolute atomic E-state index is 12.6. The predicted octanol–water partition coefficient (Wildman–Crippen LogP) is 3.97. The molecule has 2 unspecified atom stereocenters. The van der Waals surface area contributed by atoms with Gasteiger partial charge in [-0.25, -0.2) is 13.1 Å². The summed E-state index contributed by atoms with van der Waals surface area (Å²) >= 11 is 0. The van der Waals surface area contributed by atoms with Crippen molar-refractivity contribution >= 4 is 10.0 Å². The van der Waals surface area contributed by atoms with E-state index in [2.05, 4.69) is 10.8 Å². The van der Waals surface area contributed by atoms with E-state index in [1.54, 1.807) is 24.3 Å². The minimum Gasteiger partial charge on any atom is -0.489 e. The zero-order valence-corrected chi connectivity index (χ0v) is 15.6. The first-order valence-electron chi connectivity index (χ1n) is 8.76. The number of nitrogens with one attached hydrogen (secondary N) is 1. The molecule has 4 nitrogen and oxygen atoms in total. The van der Waals surface area contributed by atoms with Gasteiger partial charge < -0.3 is 4.74 Å². The van der Waals surface area contributed by atoms with Crippen molar-refractivity contribution in [3.05, 3.63) is 59.7 Å². The van der Waals surface area contributed by atoms with Crippen molar-refractivity contribution in [3.8, 4) is 5.75 Å². The largest absolute Gasteiger partial charge is 0.489 e. The third-order valence-electron chi connectivity index (χ3n) is 4.55. The maximum atomic E-state index is 12.6. The van der Waals surface area contributed by atoms with Crippen LogP contribution in [0.4, 0.5) is 0 Å². The molecule has 0 radical (unpaired) electrons. The lowest BCUT2D eigenvalue weighted by Gasteiger charge is -2.32. The van der Waals surface area contributed by atoms with E-state index in [4.69, 9.17) is 4.74 Å². The zero-order chi connectivity index (χ0) is 17.9. The number of ether oxygens (including phenoxy) is 1. The molecule has 0 aliphatic heterocycles. The van der Waals surface area contributed by atoms with Crippen molar-refractivity contribution < 1.29 is 13.2 Å². The molecule has 0 saturated heterocycles. The summed E-state index contributed by atoms with van der Waals surface area (Å²) in [4.78, 5) is 0.297. The van der Waals surface area contributed by atoms with E-state index in [1.807, 2.05) is 32.0 Å². The second-order valence-electron chi connectivity index (χ2n) is 6.81. The van der Waals surface area contributed by atoms with E-state index in [0.29, 0.717) is 4.90 Å². The van der Waals surface area contributed by atoms with Gasteiger partial charge in [-0.05, 0) is 68.5 Å². The molecule has 2 atom stereocenters. The van der Waals surface area contributed by atoms with Crippen LogP contribution in [0.25, 0.3) is 0 Å². The highest BCUT2D eigenvalue weighted by atomic mass is 32.2. The normalized spacial score (nSPS) is 21.0. The Morgan fingerprint density at radius 3 is 2.28 bits per heavy atom. The Kier molecular flexibility index (Phi) is 5.45. The van der Waals surface area contributed by atoms with Crippen LogP contribution in [0.1, 0.15) is 36.8 Å². The van der Waals surface area contributed by atoms with Gasteiger partial charge in [0.05, 0.1) is 10.9 Å². The fourth-order valence-corrected chi connectivity index (χ4v) is 4.74. The Morgan fingerprint density at radius 2 is 1.60 bits per heavy atom. The number of hydrogen-bond donors (Lipinski definition) is 1. The Balaban J connectivity index is 1.77. The van der Waals surface area contributed by atoms with Gasteiger partial charge in [0.1, 0.15) is 11.9 Å². The lowest BCUT2D eigenvalue weighted by molar-refractivity contribution is 0.124. The molecule has 134 valence electrons.